The Kier molecular flexibility index (Phi) is 2.62. The Bertz CT molecular complexity index is 268. The van der Waals surface area contributed by atoms with Gasteiger partial charge in [0, 0.05) is 11.1 Å². The molecule has 1 heterocycles. The van der Waals surface area contributed by atoms with Crippen molar-refractivity contribution < 1.29 is 15.1 Å². The van der Waals surface area contributed by atoms with Crippen molar-refractivity contribution in [1.29, 1.82) is 0 Å². The Labute approximate surface area is 89.8 Å². The molecule has 1 aliphatic rings. The van der Waals surface area contributed by atoms with E-state index < -0.39 is 22.6 Å². The van der Waals surface area contributed by atoms with E-state index in [1.165, 1.54) is 5.06 Å². The van der Waals surface area contributed by atoms with Gasteiger partial charge in [-0.3, -0.25) is 4.79 Å². The van der Waals surface area contributed by atoms with Crippen LogP contribution < -0.4 is 5.73 Å². The fourth-order valence-corrected chi connectivity index (χ4v) is 2.73. The summed E-state index contributed by atoms with van der Waals surface area (Å²) in [5, 5.41) is 20.3. The zero-order valence-corrected chi connectivity index (χ0v) is 9.74. The molecule has 0 aromatic rings. The largest absolute Gasteiger partial charge is 0.480 e. The van der Waals surface area contributed by atoms with Crippen LogP contribution in [0.1, 0.15) is 40.5 Å². The van der Waals surface area contributed by atoms with Crippen LogP contribution in [0.5, 0.6) is 0 Å². The Hall–Kier alpha value is -0.650. The highest BCUT2D eigenvalue weighted by Crippen LogP contribution is 2.41. The SMILES string of the molecule is CC1(C)CC(N)(C(=O)O)CC(C)(C)N1O. The van der Waals surface area contributed by atoms with E-state index in [1.54, 1.807) is 27.7 Å². The van der Waals surface area contributed by atoms with Gasteiger partial charge in [-0.1, -0.05) is 0 Å². The minimum absolute atomic E-state index is 0.231. The maximum Gasteiger partial charge on any atom is 0.323 e. The topological polar surface area (TPSA) is 86.8 Å². The van der Waals surface area contributed by atoms with Crippen LogP contribution in [0.25, 0.3) is 0 Å². The maximum atomic E-state index is 11.1. The maximum absolute atomic E-state index is 11.1. The molecule has 4 N–H and O–H groups in total. The lowest BCUT2D eigenvalue weighted by atomic mass is 9.71. The van der Waals surface area contributed by atoms with Gasteiger partial charge in [0.2, 0.25) is 0 Å². The fourth-order valence-electron chi connectivity index (χ4n) is 2.73. The average molecular weight is 216 g/mol. The molecular formula is C10H20N2O3. The van der Waals surface area contributed by atoms with E-state index in [1.807, 2.05) is 0 Å². The molecule has 0 amide bonds. The number of hydrogen-bond acceptors (Lipinski definition) is 4. The number of hydrogen-bond donors (Lipinski definition) is 3. The first kappa shape index (κ1) is 12.4. The van der Waals surface area contributed by atoms with E-state index in [2.05, 4.69) is 0 Å². The monoisotopic (exact) mass is 216 g/mol. The minimum atomic E-state index is -1.26. The summed E-state index contributed by atoms with van der Waals surface area (Å²) in [7, 11) is 0. The summed E-state index contributed by atoms with van der Waals surface area (Å²) in [5.74, 6) is -1.00. The summed E-state index contributed by atoms with van der Waals surface area (Å²) in [6, 6.07) is 0. The molecule has 0 spiro atoms. The first-order valence-corrected chi connectivity index (χ1v) is 5.03. The molecule has 0 saturated carbocycles. The average Bonchev–Trinajstić information content (AvgIpc) is 1.98. The van der Waals surface area contributed by atoms with Crippen molar-refractivity contribution >= 4 is 5.97 Å². The molecule has 0 atom stereocenters. The smallest absolute Gasteiger partial charge is 0.323 e. The third kappa shape index (κ3) is 2.00. The first-order valence-electron chi connectivity index (χ1n) is 5.03. The van der Waals surface area contributed by atoms with Crippen molar-refractivity contribution in [2.24, 2.45) is 5.73 Å². The second kappa shape index (κ2) is 3.17. The standard InChI is InChI=1S/C10H20N2O3/c1-8(2)5-10(11,7(13)14)6-9(3,4)12(8)15/h15H,5-6,11H2,1-4H3,(H,13,14). The second-order valence-corrected chi connectivity index (χ2v) is 5.75. The molecule has 5 heteroatoms. The highest BCUT2D eigenvalue weighted by Gasteiger charge is 2.54. The van der Waals surface area contributed by atoms with E-state index in [-0.39, 0.29) is 12.8 Å². The van der Waals surface area contributed by atoms with E-state index in [0.29, 0.717) is 0 Å². The fraction of sp³-hybridized carbons (Fsp3) is 0.900. The van der Waals surface area contributed by atoms with Gasteiger partial charge in [0.05, 0.1) is 0 Å². The summed E-state index contributed by atoms with van der Waals surface area (Å²) in [4.78, 5) is 11.1. The number of carboxylic acids is 1. The summed E-state index contributed by atoms with van der Waals surface area (Å²) in [6.07, 6.45) is 0.463. The van der Waals surface area contributed by atoms with Crippen LogP contribution >= 0.6 is 0 Å². The first-order chi connectivity index (χ1) is 6.51. The van der Waals surface area contributed by atoms with E-state index in [0.717, 1.165) is 0 Å². The molecule has 0 aromatic carbocycles. The lowest BCUT2D eigenvalue weighted by molar-refractivity contribution is -0.253. The minimum Gasteiger partial charge on any atom is -0.480 e. The normalized spacial score (nSPS) is 28.7. The third-order valence-electron chi connectivity index (χ3n) is 3.07. The Morgan fingerprint density at radius 1 is 1.20 bits per heavy atom. The van der Waals surface area contributed by atoms with Crippen molar-refractivity contribution in [2.45, 2.75) is 57.2 Å². The third-order valence-corrected chi connectivity index (χ3v) is 3.07. The van der Waals surface area contributed by atoms with Crippen molar-refractivity contribution in [1.82, 2.24) is 5.06 Å². The lowest BCUT2D eigenvalue weighted by Gasteiger charge is -2.53. The molecule has 1 rings (SSSR count). The summed E-state index contributed by atoms with van der Waals surface area (Å²) >= 11 is 0. The molecule has 0 bridgehead atoms. The van der Waals surface area contributed by atoms with Crippen molar-refractivity contribution in [2.75, 3.05) is 0 Å². The predicted molar refractivity (Wildman–Crippen MR) is 55.6 cm³/mol. The highest BCUT2D eigenvalue weighted by atomic mass is 16.5. The summed E-state index contributed by atoms with van der Waals surface area (Å²) in [5.41, 5.74) is 3.36. The molecule has 0 unspecified atom stereocenters. The molecule has 5 nitrogen and oxygen atoms in total. The number of nitrogens with two attached hydrogens (primary N) is 1. The van der Waals surface area contributed by atoms with Gasteiger partial charge in [-0.05, 0) is 40.5 Å². The van der Waals surface area contributed by atoms with Gasteiger partial charge in [0.25, 0.3) is 0 Å². The Morgan fingerprint density at radius 3 is 1.80 bits per heavy atom. The zero-order valence-electron chi connectivity index (χ0n) is 9.74. The zero-order chi connectivity index (χ0) is 12.1. The van der Waals surface area contributed by atoms with E-state index in [4.69, 9.17) is 10.8 Å². The molecule has 0 aliphatic carbocycles. The van der Waals surface area contributed by atoms with Gasteiger partial charge in [-0.25, -0.2) is 0 Å². The number of nitrogens with zero attached hydrogens (tertiary/aromatic N) is 1. The van der Waals surface area contributed by atoms with Crippen LogP contribution in [-0.4, -0.2) is 38.0 Å². The molecule has 15 heavy (non-hydrogen) atoms. The van der Waals surface area contributed by atoms with E-state index >= 15 is 0 Å². The van der Waals surface area contributed by atoms with Gasteiger partial charge in [-0.2, -0.15) is 5.06 Å². The van der Waals surface area contributed by atoms with Crippen LogP contribution in [-0.2, 0) is 4.79 Å². The van der Waals surface area contributed by atoms with Crippen LogP contribution in [0, 0.1) is 0 Å². The lowest BCUT2D eigenvalue weighted by Crippen LogP contribution is -2.69. The van der Waals surface area contributed by atoms with Gasteiger partial charge >= 0.3 is 5.97 Å². The predicted octanol–water partition coefficient (Wildman–Crippen LogP) is 0.811. The van der Waals surface area contributed by atoms with Gasteiger partial charge in [-0.15, -0.1) is 0 Å². The van der Waals surface area contributed by atoms with E-state index in [9.17, 15) is 10.0 Å². The molecule has 1 saturated heterocycles. The second-order valence-electron chi connectivity index (χ2n) is 5.75. The van der Waals surface area contributed by atoms with Crippen LogP contribution in [0.4, 0.5) is 0 Å². The molecule has 1 fully saturated rings. The molecule has 0 aromatic heterocycles. The summed E-state index contributed by atoms with van der Waals surface area (Å²) < 4.78 is 0. The molecule has 0 radical (unpaired) electrons. The van der Waals surface area contributed by atoms with Crippen LogP contribution in [0.3, 0.4) is 0 Å². The number of rotatable bonds is 1. The molecule has 88 valence electrons. The number of carboxylic acid groups (broad SMARTS) is 1. The number of carbonyl (C=O) groups is 1. The quantitative estimate of drug-likeness (QED) is 0.604. The Morgan fingerprint density at radius 2 is 1.53 bits per heavy atom. The number of hydroxylamine groups is 2. The van der Waals surface area contributed by atoms with Gasteiger partial charge in [0.1, 0.15) is 5.54 Å². The van der Waals surface area contributed by atoms with Crippen molar-refractivity contribution in [3.05, 3.63) is 0 Å². The number of piperidine rings is 1. The van der Waals surface area contributed by atoms with Gasteiger partial charge < -0.3 is 16.0 Å². The number of aliphatic carboxylic acids is 1. The summed E-state index contributed by atoms with van der Waals surface area (Å²) in [6.45, 7) is 7.16. The Balaban J connectivity index is 3.09. The molecular weight excluding hydrogens is 196 g/mol. The van der Waals surface area contributed by atoms with Crippen LogP contribution in [0.2, 0.25) is 0 Å². The van der Waals surface area contributed by atoms with Crippen LogP contribution in [0.15, 0.2) is 0 Å². The van der Waals surface area contributed by atoms with Crippen molar-refractivity contribution in [3.8, 4) is 0 Å². The molecule has 1 aliphatic heterocycles. The van der Waals surface area contributed by atoms with Gasteiger partial charge in [0.15, 0.2) is 0 Å². The van der Waals surface area contributed by atoms with Crippen molar-refractivity contribution in [3.63, 3.8) is 0 Å². The highest BCUT2D eigenvalue weighted by molar-refractivity contribution is 5.79.